The fourth-order valence-corrected chi connectivity index (χ4v) is 3.60. The second-order valence-electron chi connectivity index (χ2n) is 7.47. The molecule has 1 saturated heterocycles. The van der Waals surface area contributed by atoms with Crippen LogP contribution < -0.4 is 4.90 Å². The monoisotopic (exact) mass is 407 g/mol. The van der Waals surface area contributed by atoms with Gasteiger partial charge in [-0.05, 0) is 45.7 Å². The molecule has 1 fully saturated rings. The van der Waals surface area contributed by atoms with E-state index in [-0.39, 0.29) is 11.9 Å². The van der Waals surface area contributed by atoms with Crippen LogP contribution in [0.2, 0.25) is 0 Å². The Balaban J connectivity index is 1.63. The highest BCUT2D eigenvalue weighted by Gasteiger charge is 2.28. The normalized spacial score (nSPS) is 14.7. The number of aromatic nitrogens is 4. The van der Waals surface area contributed by atoms with Crippen LogP contribution in [0.15, 0.2) is 35.1 Å². The van der Waals surface area contributed by atoms with E-state index >= 15 is 0 Å². The van der Waals surface area contributed by atoms with Gasteiger partial charge in [0, 0.05) is 42.8 Å². The van der Waals surface area contributed by atoms with Gasteiger partial charge in [-0.2, -0.15) is 0 Å². The van der Waals surface area contributed by atoms with Crippen LogP contribution >= 0.6 is 0 Å². The first-order valence-corrected chi connectivity index (χ1v) is 10.2. The molecule has 0 bridgehead atoms. The summed E-state index contributed by atoms with van der Waals surface area (Å²) in [6, 6.07) is 5.82. The third-order valence-electron chi connectivity index (χ3n) is 5.25. The van der Waals surface area contributed by atoms with Crippen molar-refractivity contribution in [3.8, 4) is 22.6 Å². The molecule has 0 aromatic carbocycles. The maximum atomic E-state index is 12.0. The zero-order valence-electron chi connectivity index (χ0n) is 17.5. The topological polar surface area (TPSA) is 94.2 Å². The Hall–Kier alpha value is -3.29. The minimum atomic E-state index is -0.111. The molecule has 4 heterocycles. The van der Waals surface area contributed by atoms with Crippen molar-refractivity contribution in [2.75, 3.05) is 24.6 Å². The van der Waals surface area contributed by atoms with Crippen molar-refractivity contribution in [3.63, 3.8) is 0 Å². The summed E-state index contributed by atoms with van der Waals surface area (Å²) in [5, 5.41) is 3.99. The number of ether oxygens (including phenoxy) is 1. The van der Waals surface area contributed by atoms with Gasteiger partial charge in [-0.1, -0.05) is 5.16 Å². The molecule has 3 aromatic heterocycles. The van der Waals surface area contributed by atoms with E-state index < -0.39 is 0 Å². The highest BCUT2D eigenvalue weighted by Crippen LogP contribution is 2.32. The molecule has 0 spiro atoms. The first kappa shape index (κ1) is 20.0. The summed E-state index contributed by atoms with van der Waals surface area (Å²) in [5.74, 6) is 1.09. The molecule has 0 aliphatic carbocycles. The lowest BCUT2D eigenvalue weighted by atomic mass is 9.97. The molecule has 1 aliphatic rings. The van der Waals surface area contributed by atoms with Gasteiger partial charge in [0.05, 0.1) is 29.5 Å². The van der Waals surface area contributed by atoms with E-state index in [9.17, 15) is 4.79 Å². The van der Waals surface area contributed by atoms with E-state index in [0.29, 0.717) is 31.4 Å². The predicted molar refractivity (Wildman–Crippen MR) is 112 cm³/mol. The molecule has 8 nitrogen and oxygen atoms in total. The van der Waals surface area contributed by atoms with Gasteiger partial charge in [-0.25, -0.2) is 9.97 Å². The Bertz CT molecular complexity index is 1020. The van der Waals surface area contributed by atoms with Gasteiger partial charge in [-0.3, -0.25) is 9.78 Å². The van der Waals surface area contributed by atoms with Crippen LogP contribution in [-0.2, 0) is 9.53 Å². The molecule has 0 saturated carbocycles. The van der Waals surface area contributed by atoms with Crippen molar-refractivity contribution in [3.05, 3.63) is 42.0 Å². The third-order valence-corrected chi connectivity index (χ3v) is 5.25. The molecule has 0 unspecified atom stereocenters. The maximum absolute atomic E-state index is 12.0. The van der Waals surface area contributed by atoms with Crippen molar-refractivity contribution in [1.29, 1.82) is 0 Å². The van der Waals surface area contributed by atoms with Crippen LogP contribution in [0.3, 0.4) is 0 Å². The van der Waals surface area contributed by atoms with Crippen LogP contribution in [-0.4, -0.2) is 45.8 Å². The minimum Gasteiger partial charge on any atom is -0.466 e. The van der Waals surface area contributed by atoms with Gasteiger partial charge < -0.3 is 14.2 Å². The van der Waals surface area contributed by atoms with Gasteiger partial charge in [0.15, 0.2) is 5.76 Å². The molecule has 156 valence electrons. The summed E-state index contributed by atoms with van der Waals surface area (Å²) in [5.41, 5.74) is 4.13. The lowest BCUT2D eigenvalue weighted by molar-refractivity contribution is -0.148. The average molecular weight is 407 g/mol. The van der Waals surface area contributed by atoms with Crippen LogP contribution in [0.4, 0.5) is 5.95 Å². The number of carbonyl (C=O) groups is 1. The van der Waals surface area contributed by atoms with E-state index in [0.717, 1.165) is 41.1 Å². The number of rotatable bonds is 5. The van der Waals surface area contributed by atoms with E-state index in [4.69, 9.17) is 14.2 Å². The number of anilines is 1. The fourth-order valence-electron chi connectivity index (χ4n) is 3.60. The second-order valence-corrected chi connectivity index (χ2v) is 7.47. The highest BCUT2D eigenvalue weighted by atomic mass is 16.5. The molecule has 0 atom stereocenters. The molecule has 3 aromatic rings. The molecule has 0 N–H and O–H groups in total. The van der Waals surface area contributed by atoms with Crippen molar-refractivity contribution in [1.82, 2.24) is 20.1 Å². The molecular weight excluding hydrogens is 382 g/mol. The Labute approximate surface area is 175 Å². The summed E-state index contributed by atoms with van der Waals surface area (Å²) in [4.78, 5) is 28.0. The Kier molecular flexibility index (Phi) is 5.74. The van der Waals surface area contributed by atoms with E-state index in [1.54, 1.807) is 12.4 Å². The smallest absolute Gasteiger partial charge is 0.309 e. The number of piperidine rings is 1. The van der Waals surface area contributed by atoms with Gasteiger partial charge in [0.2, 0.25) is 5.95 Å². The Morgan fingerprint density at radius 1 is 1.17 bits per heavy atom. The van der Waals surface area contributed by atoms with E-state index in [1.807, 2.05) is 39.0 Å². The molecule has 4 rings (SSSR count). The molecule has 0 radical (unpaired) electrons. The van der Waals surface area contributed by atoms with Crippen molar-refractivity contribution in [2.24, 2.45) is 5.92 Å². The lowest BCUT2D eigenvalue weighted by Gasteiger charge is -2.31. The predicted octanol–water partition coefficient (Wildman–Crippen LogP) is 3.59. The number of aryl methyl sites for hydroxylation is 2. The van der Waals surface area contributed by atoms with Gasteiger partial charge in [-0.15, -0.1) is 0 Å². The van der Waals surface area contributed by atoms with Crippen molar-refractivity contribution < 1.29 is 14.1 Å². The Morgan fingerprint density at radius 3 is 2.60 bits per heavy atom. The molecule has 8 heteroatoms. The van der Waals surface area contributed by atoms with E-state index in [1.165, 1.54) is 0 Å². The van der Waals surface area contributed by atoms with Gasteiger partial charge in [0.25, 0.3) is 0 Å². The summed E-state index contributed by atoms with van der Waals surface area (Å²) >= 11 is 0. The van der Waals surface area contributed by atoms with Crippen molar-refractivity contribution >= 4 is 11.9 Å². The first-order chi connectivity index (χ1) is 14.5. The second kappa shape index (κ2) is 8.61. The maximum Gasteiger partial charge on any atom is 0.309 e. The average Bonchev–Trinajstić information content (AvgIpc) is 3.20. The molecule has 1 aliphatic heterocycles. The lowest BCUT2D eigenvalue weighted by Crippen LogP contribution is -2.38. The largest absolute Gasteiger partial charge is 0.466 e. The standard InChI is InChI=1S/C22H25N5O3/c1-4-29-21(28)16-7-9-27(10-8-16)22-24-13-18(19-11-15(3)26-30-19)20(25-22)17-6-5-14(2)23-12-17/h5-6,11-13,16H,4,7-10H2,1-3H3. The summed E-state index contributed by atoms with van der Waals surface area (Å²) < 4.78 is 10.6. The van der Waals surface area contributed by atoms with Gasteiger partial charge in [0.1, 0.15) is 0 Å². The third kappa shape index (κ3) is 4.17. The van der Waals surface area contributed by atoms with Crippen LogP contribution in [0.5, 0.6) is 0 Å². The van der Waals surface area contributed by atoms with E-state index in [2.05, 4.69) is 20.0 Å². The summed E-state index contributed by atoms with van der Waals surface area (Å²) in [6.07, 6.45) is 5.04. The first-order valence-electron chi connectivity index (χ1n) is 10.2. The fraction of sp³-hybridized carbons (Fsp3) is 0.409. The number of nitrogens with zero attached hydrogens (tertiary/aromatic N) is 5. The summed E-state index contributed by atoms with van der Waals surface area (Å²) in [7, 11) is 0. The minimum absolute atomic E-state index is 0.0570. The molecule has 0 amide bonds. The number of carbonyl (C=O) groups excluding carboxylic acids is 1. The number of hydrogen-bond acceptors (Lipinski definition) is 8. The number of hydrogen-bond donors (Lipinski definition) is 0. The zero-order valence-corrected chi connectivity index (χ0v) is 17.5. The molecule has 30 heavy (non-hydrogen) atoms. The van der Waals surface area contributed by atoms with Gasteiger partial charge >= 0.3 is 5.97 Å². The SMILES string of the molecule is CCOC(=O)C1CCN(c2ncc(-c3cc(C)no3)c(-c3ccc(C)nc3)n2)CC1. The Morgan fingerprint density at radius 2 is 1.97 bits per heavy atom. The molecular formula is C22H25N5O3. The summed E-state index contributed by atoms with van der Waals surface area (Å²) in [6.45, 7) is 7.48. The van der Waals surface area contributed by atoms with Crippen LogP contribution in [0.25, 0.3) is 22.6 Å². The highest BCUT2D eigenvalue weighted by molar-refractivity contribution is 5.78. The number of esters is 1. The zero-order chi connectivity index (χ0) is 21.1. The number of pyridine rings is 1. The quantitative estimate of drug-likeness (QED) is 0.592. The van der Waals surface area contributed by atoms with Crippen LogP contribution in [0.1, 0.15) is 31.2 Å². The van der Waals surface area contributed by atoms with Crippen molar-refractivity contribution in [2.45, 2.75) is 33.6 Å². The van der Waals surface area contributed by atoms with Crippen LogP contribution in [0, 0.1) is 19.8 Å².